The maximum absolute atomic E-state index is 12.4. The summed E-state index contributed by atoms with van der Waals surface area (Å²) in [4.78, 5) is 13.9. The first-order valence-electron chi connectivity index (χ1n) is 10.2. The standard InChI is InChI=1S/C20H41NO5Si/c1-13(2)27(14(3)4,15(5)6)25-12-16-10-21(11-17(22)18(16)23)19(24)26-20(7,8)9/h13-18,22-23H,10-12H2,1-9H3/t16-,17+,18+/m1/s1. The van der Waals surface area contributed by atoms with Crippen LogP contribution < -0.4 is 0 Å². The second kappa shape index (κ2) is 9.24. The molecule has 0 aromatic rings. The zero-order chi connectivity index (χ0) is 21.2. The topological polar surface area (TPSA) is 79.2 Å². The monoisotopic (exact) mass is 403 g/mol. The summed E-state index contributed by atoms with van der Waals surface area (Å²) in [6, 6.07) is 0. The SMILES string of the molecule is CC(C)[Si](OC[C@H]1CN(C(=O)OC(C)(C)C)C[C@H](O)[C@H]1O)(C(C)C)C(C)C. The second-order valence-corrected chi connectivity index (χ2v) is 15.3. The van der Waals surface area contributed by atoms with Gasteiger partial charge < -0.3 is 24.3 Å². The Morgan fingerprint density at radius 2 is 1.52 bits per heavy atom. The van der Waals surface area contributed by atoms with Crippen molar-refractivity contribution in [3.8, 4) is 0 Å². The van der Waals surface area contributed by atoms with Crippen LogP contribution in [0.15, 0.2) is 0 Å². The molecule has 2 N–H and O–H groups in total. The molecule has 27 heavy (non-hydrogen) atoms. The van der Waals surface area contributed by atoms with Crippen LogP contribution in [0.2, 0.25) is 16.6 Å². The minimum absolute atomic E-state index is 0.0771. The van der Waals surface area contributed by atoms with E-state index in [1.54, 1.807) is 0 Å². The molecule has 1 fully saturated rings. The summed E-state index contributed by atoms with van der Waals surface area (Å²) < 4.78 is 12.0. The van der Waals surface area contributed by atoms with E-state index >= 15 is 0 Å². The van der Waals surface area contributed by atoms with Crippen molar-refractivity contribution < 1.29 is 24.2 Å². The molecule has 0 aliphatic carbocycles. The first-order valence-corrected chi connectivity index (χ1v) is 12.3. The third-order valence-electron chi connectivity index (χ3n) is 5.65. The Labute approximate surface area is 166 Å². The Hall–Kier alpha value is -0.633. The van der Waals surface area contributed by atoms with Gasteiger partial charge >= 0.3 is 6.09 Å². The van der Waals surface area contributed by atoms with Gasteiger partial charge in [-0.2, -0.15) is 0 Å². The lowest BCUT2D eigenvalue weighted by molar-refractivity contribution is -0.0861. The first-order chi connectivity index (χ1) is 12.2. The maximum atomic E-state index is 12.4. The summed E-state index contributed by atoms with van der Waals surface area (Å²) in [5, 5.41) is 20.8. The van der Waals surface area contributed by atoms with Gasteiger partial charge in [0.25, 0.3) is 0 Å². The number of aliphatic hydroxyl groups excluding tert-OH is 2. The minimum Gasteiger partial charge on any atom is -0.444 e. The van der Waals surface area contributed by atoms with Gasteiger partial charge in [0.2, 0.25) is 0 Å². The van der Waals surface area contributed by atoms with Gasteiger partial charge in [-0.15, -0.1) is 0 Å². The minimum atomic E-state index is -2.08. The number of β-amino-alcohol motifs (C(OH)–C–C–N with tert-alkyl or cyclic N) is 1. The van der Waals surface area contributed by atoms with Crippen LogP contribution in [0.3, 0.4) is 0 Å². The summed E-state index contributed by atoms with van der Waals surface area (Å²) >= 11 is 0. The third-order valence-corrected chi connectivity index (χ3v) is 11.7. The van der Waals surface area contributed by atoms with E-state index in [0.717, 1.165) is 0 Å². The van der Waals surface area contributed by atoms with Gasteiger partial charge in [-0.05, 0) is 37.4 Å². The highest BCUT2D eigenvalue weighted by Crippen LogP contribution is 2.42. The Morgan fingerprint density at radius 3 is 1.93 bits per heavy atom. The second-order valence-electron chi connectivity index (χ2n) is 9.83. The summed E-state index contributed by atoms with van der Waals surface area (Å²) in [5.41, 5.74) is 0.708. The lowest BCUT2D eigenvalue weighted by Crippen LogP contribution is -2.57. The number of nitrogens with zero attached hydrogens (tertiary/aromatic N) is 1. The zero-order valence-electron chi connectivity index (χ0n) is 18.7. The van der Waals surface area contributed by atoms with Gasteiger partial charge in [0.1, 0.15) is 5.60 Å². The van der Waals surface area contributed by atoms with Crippen molar-refractivity contribution in [3.05, 3.63) is 0 Å². The molecule has 0 saturated carbocycles. The van der Waals surface area contributed by atoms with Crippen LogP contribution in [0.1, 0.15) is 62.3 Å². The molecule has 0 unspecified atom stereocenters. The van der Waals surface area contributed by atoms with Crippen LogP contribution in [0.5, 0.6) is 0 Å². The molecule has 3 atom stereocenters. The Morgan fingerprint density at radius 1 is 1.04 bits per heavy atom. The molecule has 160 valence electrons. The fourth-order valence-electron chi connectivity index (χ4n) is 4.49. The smallest absolute Gasteiger partial charge is 0.410 e. The molecule has 1 rings (SSSR count). The Balaban J connectivity index is 2.92. The van der Waals surface area contributed by atoms with Crippen molar-refractivity contribution in [1.29, 1.82) is 0 Å². The van der Waals surface area contributed by atoms with E-state index in [0.29, 0.717) is 29.8 Å². The number of amides is 1. The van der Waals surface area contributed by atoms with E-state index in [4.69, 9.17) is 9.16 Å². The number of aliphatic hydroxyl groups is 2. The molecule has 1 aliphatic heterocycles. The number of likely N-dealkylation sites (tertiary alicyclic amines) is 1. The number of hydrogen-bond donors (Lipinski definition) is 2. The number of carbonyl (C=O) groups excluding carboxylic acids is 1. The normalized spacial score (nSPS) is 24.8. The molecule has 0 aromatic heterocycles. The van der Waals surface area contributed by atoms with Crippen molar-refractivity contribution in [3.63, 3.8) is 0 Å². The lowest BCUT2D eigenvalue weighted by atomic mass is 9.93. The highest BCUT2D eigenvalue weighted by molar-refractivity contribution is 6.77. The van der Waals surface area contributed by atoms with Crippen LogP contribution >= 0.6 is 0 Å². The van der Waals surface area contributed by atoms with Gasteiger partial charge in [0.05, 0.1) is 18.8 Å². The van der Waals surface area contributed by atoms with Crippen molar-refractivity contribution in [2.24, 2.45) is 5.92 Å². The van der Waals surface area contributed by atoms with E-state index in [1.807, 2.05) is 20.8 Å². The van der Waals surface area contributed by atoms with Gasteiger partial charge in [-0.3, -0.25) is 0 Å². The molecule has 1 aliphatic rings. The van der Waals surface area contributed by atoms with E-state index < -0.39 is 32.2 Å². The molecule has 1 saturated heterocycles. The molecule has 0 aromatic carbocycles. The number of hydrogen-bond acceptors (Lipinski definition) is 5. The molecule has 7 heteroatoms. The lowest BCUT2D eigenvalue weighted by Gasteiger charge is -2.45. The molecule has 0 bridgehead atoms. The molecular formula is C20H41NO5Si. The summed E-state index contributed by atoms with van der Waals surface area (Å²) in [7, 11) is -2.08. The predicted octanol–water partition coefficient (Wildman–Crippen LogP) is 3.77. The molecular weight excluding hydrogens is 362 g/mol. The average Bonchev–Trinajstić information content (AvgIpc) is 2.48. The summed E-state index contributed by atoms with van der Waals surface area (Å²) in [6.45, 7) is 19.5. The van der Waals surface area contributed by atoms with Crippen LogP contribution in [-0.2, 0) is 9.16 Å². The Bertz CT molecular complexity index is 467. The molecule has 6 nitrogen and oxygen atoms in total. The molecule has 0 radical (unpaired) electrons. The van der Waals surface area contributed by atoms with Crippen molar-refractivity contribution >= 4 is 14.4 Å². The first kappa shape index (κ1) is 24.4. The fraction of sp³-hybridized carbons (Fsp3) is 0.950. The van der Waals surface area contributed by atoms with Crippen molar-refractivity contribution in [1.82, 2.24) is 4.90 Å². The van der Waals surface area contributed by atoms with E-state index in [1.165, 1.54) is 4.90 Å². The third kappa shape index (κ3) is 5.92. The van der Waals surface area contributed by atoms with Gasteiger partial charge in [0, 0.05) is 19.1 Å². The summed E-state index contributed by atoms with van der Waals surface area (Å²) in [5.74, 6) is -0.329. The summed E-state index contributed by atoms with van der Waals surface area (Å²) in [6.07, 6.45) is -2.35. The Kier molecular flexibility index (Phi) is 8.35. The molecule has 0 spiro atoms. The number of rotatable bonds is 6. The zero-order valence-corrected chi connectivity index (χ0v) is 19.7. The number of ether oxygens (including phenoxy) is 1. The van der Waals surface area contributed by atoms with Crippen LogP contribution in [0, 0.1) is 5.92 Å². The van der Waals surface area contributed by atoms with E-state index in [9.17, 15) is 15.0 Å². The fourth-order valence-corrected chi connectivity index (χ4v) is 9.99. The average molecular weight is 404 g/mol. The van der Waals surface area contributed by atoms with Gasteiger partial charge in [-0.1, -0.05) is 41.5 Å². The van der Waals surface area contributed by atoms with Crippen LogP contribution in [-0.4, -0.2) is 67.0 Å². The van der Waals surface area contributed by atoms with E-state index in [2.05, 4.69) is 41.5 Å². The molecule has 1 amide bonds. The van der Waals surface area contributed by atoms with E-state index in [-0.39, 0.29) is 12.5 Å². The number of carbonyl (C=O) groups is 1. The van der Waals surface area contributed by atoms with Gasteiger partial charge in [-0.25, -0.2) is 4.79 Å². The largest absolute Gasteiger partial charge is 0.444 e. The quantitative estimate of drug-likeness (QED) is 0.660. The number of piperidine rings is 1. The van der Waals surface area contributed by atoms with Crippen LogP contribution in [0.4, 0.5) is 4.79 Å². The highest BCUT2D eigenvalue weighted by atomic mass is 28.4. The van der Waals surface area contributed by atoms with Gasteiger partial charge in [0.15, 0.2) is 8.32 Å². The van der Waals surface area contributed by atoms with Crippen molar-refractivity contribution in [2.45, 2.75) is 96.7 Å². The highest BCUT2D eigenvalue weighted by Gasteiger charge is 2.47. The maximum Gasteiger partial charge on any atom is 0.410 e. The molecule has 1 heterocycles. The van der Waals surface area contributed by atoms with Crippen LogP contribution in [0.25, 0.3) is 0 Å². The van der Waals surface area contributed by atoms with Crippen molar-refractivity contribution in [2.75, 3.05) is 19.7 Å². The predicted molar refractivity (Wildman–Crippen MR) is 110 cm³/mol.